The molecule has 3 unspecified atom stereocenters. The third-order valence-corrected chi connectivity index (χ3v) is 14.2. The summed E-state index contributed by atoms with van der Waals surface area (Å²) in [6, 6.07) is 13.7. The van der Waals surface area contributed by atoms with Gasteiger partial charge in [0.2, 0.25) is 0 Å². The van der Waals surface area contributed by atoms with Crippen LogP contribution in [0.25, 0.3) is 50.1 Å². The van der Waals surface area contributed by atoms with Gasteiger partial charge in [0.25, 0.3) is 17.7 Å². The van der Waals surface area contributed by atoms with E-state index in [0.29, 0.717) is 13.1 Å². The number of pyridine rings is 1. The number of nitrogens with zero attached hydrogens (tertiary/aromatic N) is 7. The predicted octanol–water partition coefficient (Wildman–Crippen LogP) is 4.94. The van der Waals surface area contributed by atoms with E-state index in [0.717, 1.165) is 42.8 Å². The zero-order valence-corrected chi connectivity index (χ0v) is 44.1. The Morgan fingerprint density at radius 1 is 0.716 bits per heavy atom. The van der Waals surface area contributed by atoms with E-state index in [1.165, 1.54) is 52.8 Å². The molecule has 410 valence electrons. The van der Waals surface area contributed by atoms with Gasteiger partial charge in [-0.15, -0.1) is 0 Å². The standard InChI is InChI=1S/C57H49F2N13O9/c1-56(2)24-66-54(72-56)70-51(76)45-42(32-15-35(58)28(17-40(32)80-5)31-14-27(22-62)43(34-23-63-10-8-39(34)79-4)46(49(31)74)50(75)69-53-64-11-12-65-53)26(21-61)13-30(48(45)73)29-18-41(81-6)33(16-36(29)59)44-25(20-60)7-9-57(3,78)47(44)52(77)71-55-67-37-19-38(37)68-55/h7-8,10,13-18,23,37-38,73-74,78H,9,11-12,19,24H2,1-6H3,(H2,64,65,69,75)(H2,66,70,72,76)(H2,67,68,71,77). The maximum absolute atomic E-state index is 17.4. The Hall–Kier alpha value is -10.4. The summed E-state index contributed by atoms with van der Waals surface area (Å²) in [5.41, 5.74) is -7.59. The summed E-state index contributed by atoms with van der Waals surface area (Å²) < 4.78 is 51.8. The van der Waals surface area contributed by atoms with Crippen LogP contribution in [0.4, 0.5) is 8.78 Å². The van der Waals surface area contributed by atoms with Crippen LogP contribution in [0.5, 0.6) is 28.7 Å². The van der Waals surface area contributed by atoms with Crippen molar-refractivity contribution in [2.75, 3.05) is 41.0 Å². The molecule has 22 nitrogen and oxygen atoms in total. The van der Waals surface area contributed by atoms with Gasteiger partial charge in [-0.05, 0) is 76.1 Å². The first-order chi connectivity index (χ1) is 38.7. The number of allylic oxidation sites excluding steroid dienone is 2. The normalized spacial score (nSPS) is 19.1. The minimum Gasteiger partial charge on any atom is -0.506 e. The Morgan fingerprint density at radius 3 is 1.83 bits per heavy atom. The average Bonchev–Trinajstić information content (AvgIpc) is 3.44. The average molecular weight is 1100 g/mol. The molecule has 0 saturated heterocycles. The van der Waals surface area contributed by atoms with Crippen LogP contribution >= 0.6 is 0 Å². The molecule has 1 saturated carbocycles. The highest BCUT2D eigenvalue weighted by atomic mass is 19.1. The lowest BCUT2D eigenvalue weighted by atomic mass is 9.77. The number of nitrogens with one attached hydrogen (secondary N) is 6. The van der Waals surface area contributed by atoms with E-state index in [2.05, 4.69) is 51.9 Å². The molecule has 3 amide bonds. The lowest BCUT2D eigenvalue weighted by Gasteiger charge is -2.32. The Kier molecular flexibility index (Phi) is 13.8. The number of hydrogen-bond donors (Lipinski definition) is 9. The van der Waals surface area contributed by atoms with Crippen molar-refractivity contribution in [3.05, 3.63) is 112 Å². The third-order valence-electron chi connectivity index (χ3n) is 14.2. The first kappa shape index (κ1) is 54.0. The number of guanidine groups is 3. The van der Waals surface area contributed by atoms with Crippen molar-refractivity contribution in [2.24, 2.45) is 15.0 Å². The van der Waals surface area contributed by atoms with Crippen LogP contribution in [0, 0.1) is 45.6 Å². The van der Waals surface area contributed by atoms with E-state index in [4.69, 9.17) is 14.2 Å². The molecule has 0 bridgehead atoms. The number of halogens is 2. The molecule has 4 aromatic carbocycles. The molecule has 4 heterocycles. The van der Waals surface area contributed by atoms with E-state index in [1.807, 2.05) is 18.2 Å². The first-order valence-electron chi connectivity index (χ1n) is 25.1. The summed E-state index contributed by atoms with van der Waals surface area (Å²) in [7, 11) is 3.75. The molecule has 9 N–H and O–H groups in total. The van der Waals surface area contributed by atoms with Crippen LogP contribution in [0.15, 0.2) is 87.1 Å². The van der Waals surface area contributed by atoms with Gasteiger partial charge >= 0.3 is 0 Å². The monoisotopic (exact) mass is 1100 g/mol. The number of amides is 3. The van der Waals surface area contributed by atoms with Gasteiger partial charge in [0.1, 0.15) is 40.4 Å². The number of aliphatic imine (C=N–C) groups is 3. The Bertz CT molecular complexity index is 3900. The van der Waals surface area contributed by atoms with Crippen LogP contribution in [0.1, 0.15) is 71.0 Å². The summed E-state index contributed by atoms with van der Waals surface area (Å²) in [6.07, 6.45) is 4.76. The highest BCUT2D eigenvalue weighted by molar-refractivity contribution is 6.16. The molecule has 10 rings (SSSR count). The van der Waals surface area contributed by atoms with Crippen molar-refractivity contribution in [3.63, 3.8) is 0 Å². The van der Waals surface area contributed by atoms with Crippen LogP contribution in [0.3, 0.4) is 0 Å². The molecule has 81 heavy (non-hydrogen) atoms. The fourth-order valence-corrected chi connectivity index (χ4v) is 10.2. The lowest BCUT2D eigenvalue weighted by molar-refractivity contribution is -0.118. The second kappa shape index (κ2) is 20.8. The van der Waals surface area contributed by atoms with Gasteiger partial charge in [0.05, 0.1) is 103 Å². The zero-order valence-electron chi connectivity index (χ0n) is 44.1. The van der Waals surface area contributed by atoms with Crippen molar-refractivity contribution in [2.45, 2.75) is 56.8 Å². The van der Waals surface area contributed by atoms with E-state index in [1.54, 1.807) is 13.8 Å². The number of fused-ring (bicyclic) bond motifs is 1. The van der Waals surface area contributed by atoms with Crippen LogP contribution < -0.4 is 46.1 Å². The second-order valence-corrected chi connectivity index (χ2v) is 20.1. The van der Waals surface area contributed by atoms with Gasteiger partial charge in [-0.25, -0.2) is 18.8 Å². The van der Waals surface area contributed by atoms with Crippen molar-refractivity contribution in [1.29, 1.82) is 15.8 Å². The highest BCUT2D eigenvalue weighted by Crippen LogP contribution is 2.50. The van der Waals surface area contributed by atoms with E-state index >= 15 is 8.78 Å². The number of ether oxygens (including phenoxy) is 3. The summed E-state index contributed by atoms with van der Waals surface area (Å²) in [6.45, 7) is 5.93. The number of rotatable bonds is 11. The largest absolute Gasteiger partial charge is 0.506 e. The fraction of sp³-hybridized carbons (Fsp3) is 0.263. The van der Waals surface area contributed by atoms with Crippen molar-refractivity contribution in [3.8, 4) is 91.5 Å². The minimum absolute atomic E-state index is 0.0139. The van der Waals surface area contributed by atoms with Gasteiger partial charge in [-0.3, -0.25) is 40.3 Å². The summed E-state index contributed by atoms with van der Waals surface area (Å²) in [5, 5.41) is 85.2. The predicted molar refractivity (Wildman–Crippen MR) is 290 cm³/mol. The lowest BCUT2D eigenvalue weighted by Crippen LogP contribution is -2.45. The molecule has 0 radical (unpaired) electrons. The Morgan fingerprint density at radius 2 is 1.30 bits per heavy atom. The topological polar surface area (TPSA) is 333 Å². The maximum atomic E-state index is 17.4. The van der Waals surface area contributed by atoms with Crippen molar-refractivity contribution < 1.29 is 52.7 Å². The molecule has 24 heteroatoms. The van der Waals surface area contributed by atoms with Crippen LogP contribution in [0.2, 0.25) is 0 Å². The number of aliphatic hydroxyl groups is 1. The molecule has 3 aliphatic heterocycles. The molecule has 5 aliphatic rings. The van der Waals surface area contributed by atoms with E-state index < -0.39 is 90.9 Å². The Labute approximate surface area is 460 Å². The number of phenolic OH excluding ortho intramolecular Hbond substituents is 2. The Balaban J connectivity index is 1.15. The number of aromatic nitrogens is 1. The van der Waals surface area contributed by atoms with Crippen molar-refractivity contribution >= 4 is 41.2 Å². The zero-order chi connectivity index (χ0) is 57.8. The number of carbonyl (C=O) groups is 3. The van der Waals surface area contributed by atoms with Gasteiger partial charge < -0.3 is 45.5 Å². The summed E-state index contributed by atoms with van der Waals surface area (Å²) >= 11 is 0. The van der Waals surface area contributed by atoms with Gasteiger partial charge in [-0.2, -0.15) is 15.8 Å². The summed E-state index contributed by atoms with van der Waals surface area (Å²) in [4.78, 5) is 60.4. The molecule has 1 fully saturated rings. The number of methoxy groups -OCH3 is 3. The molecule has 5 aromatic rings. The number of aromatic hydroxyl groups is 2. The van der Waals surface area contributed by atoms with E-state index in [9.17, 15) is 45.5 Å². The maximum Gasteiger partial charge on any atom is 0.262 e. The summed E-state index contributed by atoms with van der Waals surface area (Å²) in [5.74, 6) is -6.96. The molecular formula is C57H49F2N13O9. The molecule has 2 aliphatic carbocycles. The SMILES string of the molecule is COc1cc(-c2cc(C#N)c(-c3cc(F)c(-c4cc(C#N)c(-c5cnccc5OC)c(C(=O)NC5=NCCN5)c4O)cc3OC)c(C(=O)NC3=NC(C)(C)CN3)c2O)c(F)cc1C1=C(C(=O)NC2=NC3CC3N2)C(C)(O)CC=C1C#N. The molecule has 1 aromatic heterocycles. The van der Waals surface area contributed by atoms with Gasteiger partial charge in [0.15, 0.2) is 17.9 Å². The smallest absolute Gasteiger partial charge is 0.262 e. The first-order valence-corrected chi connectivity index (χ1v) is 25.1. The molecule has 0 spiro atoms. The van der Waals surface area contributed by atoms with Crippen LogP contribution in [-0.4, -0.2) is 120 Å². The second-order valence-electron chi connectivity index (χ2n) is 20.1. The quantitative estimate of drug-likeness (QED) is 0.0846. The third kappa shape index (κ3) is 9.76. The van der Waals surface area contributed by atoms with Crippen LogP contribution in [-0.2, 0) is 4.79 Å². The highest BCUT2D eigenvalue weighted by Gasteiger charge is 2.45. The van der Waals surface area contributed by atoms with E-state index in [-0.39, 0.29) is 110 Å². The fourth-order valence-electron chi connectivity index (χ4n) is 10.2. The minimum atomic E-state index is -1.89. The number of phenols is 2. The van der Waals surface area contributed by atoms with Crippen molar-refractivity contribution in [1.82, 2.24) is 36.9 Å². The van der Waals surface area contributed by atoms with Gasteiger partial charge in [-0.1, -0.05) is 6.08 Å². The molecular weight excluding hydrogens is 1050 g/mol. The molecule has 3 atom stereocenters. The number of carbonyl (C=O) groups excluding carboxylic acids is 3. The number of hydrogen-bond acceptors (Lipinski definition) is 19. The number of nitriles is 3. The van der Waals surface area contributed by atoms with Gasteiger partial charge in [0, 0.05) is 81.1 Å². The number of benzene rings is 4.